The van der Waals surface area contributed by atoms with E-state index in [1.807, 2.05) is 0 Å². The zero-order valence-corrected chi connectivity index (χ0v) is 8.08. The number of rotatable bonds is 2. The molecule has 0 aromatic carbocycles. The van der Waals surface area contributed by atoms with Gasteiger partial charge in [0.1, 0.15) is 0 Å². The molecule has 1 fully saturated rings. The first-order valence-electron chi connectivity index (χ1n) is 4.40. The quantitative estimate of drug-likeness (QED) is 0.637. The number of hydrogen-bond donors (Lipinski definition) is 1. The molecule has 0 bridgehead atoms. The minimum absolute atomic E-state index is 0.124. The van der Waals surface area contributed by atoms with Gasteiger partial charge in [0.05, 0.1) is 19.8 Å². The number of ether oxygens (including phenoxy) is 1. The van der Waals surface area contributed by atoms with Crippen LogP contribution in [-0.4, -0.2) is 44.5 Å². The van der Waals surface area contributed by atoms with Crippen molar-refractivity contribution in [3.63, 3.8) is 0 Å². The number of urea groups is 1. The van der Waals surface area contributed by atoms with E-state index in [1.54, 1.807) is 7.05 Å². The van der Waals surface area contributed by atoms with Gasteiger partial charge in [0.2, 0.25) is 0 Å². The van der Waals surface area contributed by atoms with Crippen molar-refractivity contribution in [3.05, 3.63) is 0 Å². The Morgan fingerprint density at radius 1 is 1.69 bits per heavy atom. The number of hydroxylamine groups is 2. The summed E-state index contributed by atoms with van der Waals surface area (Å²) in [5, 5.41) is 3.97. The molecule has 1 atom stereocenters. The maximum absolute atomic E-state index is 11.3. The zero-order valence-electron chi connectivity index (χ0n) is 8.08. The van der Waals surface area contributed by atoms with E-state index in [0.717, 1.165) is 24.5 Å². The second kappa shape index (κ2) is 5.04. The van der Waals surface area contributed by atoms with Crippen LogP contribution in [0.2, 0.25) is 0 Å². The Balaban J connectivity index is 2.26. The van der Waals surface area contributed by atoms with Crippen molar-refractivity contribution < 1.29 is 14.4 Å². The summed E-state index contributed by atoms with van der Waals surface area (Å²) < 4.78 is 5.22. The normalized spacial score (nSPS) is 22.5. The van der Waals surface area contributed by atoms with Crippen molar-refractivity contribution in [1.29, 1.82) is 0 Å². The zero-order chi connectivity index (χ0) is 9.68. The molecule has 1 N–H and O–H groups in total. The molecule has 5 nitrogen and oxygen atoms in total. The monoisotopic (exact) mass is 188 g/mol. The van der Waals surface area contributed by atoms with Crippen LogP contribution in [0.3, 0.4) is 0 Å². The minimum Gasteiger partial charge on any atom is -0.379 e. The molecule has 0 aromatic rings. The van der Waals surface area contributed by atoms with Crippen molar-refractivity contribution >= 4 is 6.03 Å². The third kappa shape index (κ3) is 3.20. The molecule has 0 saturated carbocycles. The molecule has 1 rings (SSSR count). The van der Waals surface area contributed by atoms with Crippen LogP contribution in [0.25, 0.3) is 0 Å². The first-order valence-corrected chi connectivity index (χ1v) is 4.40. The Bertz CT molecular complexity index is 169. The Morgan fingerprint density at radius 2 is 2.46 bits per heavy atom. The molecule has 1 aliphatic rings. The Hall–Kier alpha value is -0.810. The predicted molar refractivity (Wildman–Crippen MR) is 47.1 cm³/mol. The fourth-order valence-electron chi connectivity index (χ4n) is 1.20. The standard InChI is InChI=1S/C8H16N2O3/c1-10(12-2)8(11)9-7-4-3-5-13-6-7/h7H,3-6H2,1-2H3,(H,9,11)/t7-/m0/s1. The molecule has 1 heterocycles. The lowest BCUT2D eigenvalue weighted by Gasteiger charge is -2.25. The highest BCUT2D eigenvalue weighted by atomic mass is 16.7. The summed E-state index contributed by atoms with van der Waals surface area (Å²) in [6, 6.07) is -0.100. The van der Waals surface area contributed by atoms with Crippen molar-refractivity contribution in [2.45, 2.75) is 18.9 Å². The van der Waals surface area contributed by atoms with E-state index in [2.05, 4.69) is 5.32 Å². The van der Waals surface area contributed by atoms with Gasteiger partial charge in [-0.3, -0.25) is 4.84 Å². The largest absolute Gasteiger partial charge is 0.379 e. The van der Waals surface area contributed by atoms with Gasteiger partial charge in [0.15, 0.2) is 0 Å². The van der Waals surface area contributed by atoms with Crippen molar-refractivity contribution in [2.75, 3.05) is 27.4 Å². The molecule has 0 aromatic heterocycles. The van der Waals surface area contributed by atoms with Crippen LogP contribution in [0.1, 0.15) is 12.8 Å². The van der Waals surface area contributed by atoms with Gasteiger partial charge in [-0.2, -0.15) is 0 Å². The van der Waals surface area contributed by atoms with Gasteiger partial charge in [-0.15, -0.1) is 0 Å². The van der Waals surface area contributed by atoms with Crippen molar-refractivity contribution in [1.82, 2.24) is 10.4 Å². The first kappa shape index (κ1) is 10.3. The van der Waals surface area contributed by atoms with E-state index in [1.165, 1.54) is 7.11 Å². The van der Waals surface area contributed by atoms with E-state index in [-0.39, 0.29) is 12.1 Å². The van der Waals surface area contributed by atoms with E-state index in [0.29, 0.717) is 6.61 Å². The Labute approximate surface area is 77.9 Å². The fraction of sp³-hybridized carbons (Fsp3) is 0.875. The molecule has 13 heavy (non-hydrogen) atoms. The second-order valence-electron chi connectivity index (χ2n) is 3.04. The number of carbonyl (C=O) groups excluding carboxylic acids is 1. The van der Waals surface area contributed by atoms with Gasteiger partial charge < -0.3 is 10.1 Å². The minimum atomic E-state index is -0.224. The highest BCUT2D eigenvalue weighted by molar-refractivity contribution is 5.73. The lowest BCUT2D eigenvalue weighted by Crippen LogP contribution is -2.46. The highest BCUT2D eigenvalue weighted by Crippen LogP contribution is 2.05. The van der Waals surface area contributed by atoms with E-state index in [9.17, 15) is 4.79 Å². The molecular weight excluding hydrogens is 172 g/mol. The second-order valence-corrected chi connectivity index (χ2v) is 3.04. The lowest BCUT2D eigenvalue weighted by molar-refractivity contribution is -0.0670. The van der Waals surface area contributed by atoms with E-state index >= 15 is 0 Å². The fourth-order valence-corrected chi connectivity index (χ4v) is 1.20. The van der Waals surface area contributed by atoms with Crippen LogP contribution in [-0.2, 0) is 9.57 Å². The topological polar surface area (TPSA) is 50.8 Å². The Morgan fingerprint density at radius 3 is 3.00 bits per heavy atom. The molecule has 1 saturated heterocycles. The molecule has 2 amide bonds. The average Bonchev–Trinajstić information content (AvgIpc) is 2.18. The highest BCUT2D eigenvalue weighted by Gasteiger charge is 2.17. The van der Waals surface area contributed by atoms with Gasteiger partial charge >= 0.3 is 6.03 Å². The summed E-state index contributed by atoms with van der Waals surface area (Å²) in [6.07, 6.45) is 1.98. The van der Waals surface area contributed by atoms with Gasteiger partial charge in [0, 0.05) is 13.7 Å². The van der Waals surface area contributed by atoms with Crippen molar-refractivity contribution in [2.24, 2.45) is 0 Å². The molecule has 1 aliphatic heterocycles. The number of amides is 2. The van der Waals surface area contributed by atoms with Gasteiger partial charge in [-0.05, 0) is 12.8 Å². The molecule has 76 valence electrons. The van der Waals surface area contributed by atoms with Crippen LogP contribution in [0.5, 0.6) is 0 Å². The van der Waals surface area contributed by atoms with Crippen LogP contribution in [0, 0.1) is 0 Å². The molecule has 0 spiro atoms. The maximum Gasteiger partial charge on any atom is 0.341 e. The SMILES string of the molecule is CON(C)C(=O)N[C@H]1CCCOC1. The van der Waals surface area contributed by atoms with E-state index in [4.69, 9.17) is 9.57 Å². The van der Waals surface area contributed by atoms with Crippen LogP contribution >= 0.6 is 0 Å². The predicted octanol–water partition coefficient (Wildman–Crippen LogP) is 0.368. The van der Waals surface area contributed by atoms with Gasteiger partial charge in [-0.1, -0.05) is 0 Å². The molecule has 0 radical (unpaired) electrons. The third-order valence-electron chi connectivity index (χ3n) is 2.05. The number of hydrogen-bond acceptors (Lipinski definition) is 3. The molecule has 5 heteroatoms. The maximum atomic E-state index is 11.3. The van der Waals surface area contributed by atoms with Gasteiger partial charge in [-0.25, -0.2) is 9.86 Å². The van der Waals surface area contributed by atoms with Crippen LogP contribution in [0.15, 0.2) is 0 Å². The molecular formula is C8H16N2O3. The third-order valence-corrected chi connectivity index (χ3v) is 2.05. The van der Waals surface area contributed by atoms with Crippen molar-refractivity contribution in [3.8, 4) is 0 Å². The lowest BCUT2D eigenvalue weighted by atomic mass is 10.1. The Kier molecular flexibility index (Phi) is 3.98. The number of carbonyl (C=O) groups is 1. The van der Waals surface area contributed by atoms with Gasteiger partial charge in [0.25, 0.3) is 0 Å². The summed E-state index contributed by atoms with van der Waals surface area (Å²) >= 11 is 0. The van der Waals surface area contributed by atoms with E-state index < -0.39 is 0 Å². The number of nitrogens with one attached hydrogen (secondary N) is 1. The summed E-state index contributed by atoms with van der Waals surface area (Å²) in [5.41, 5.74) is 0. The number of nitrogens with zero attached hydrogens (tertiary/aromatic N) is 1. The summed E-state index contributed by atoms with van der Waals surface area (Å²) in [5.74, 6) is 0. The van der Waals surface area contributed by atoms with Crippen LogP contribution in [0.4, 0.5) is 4.79 Å². The summed E-state index contributed by atoms with van der Waals surface area (Å²) in [6.45, 7) is 1.40. The van der Waals surface area contributed by atoms with Crippen LogP contribution < -0.4 is 5.32 Å². The molecule has 0 unspecified atom stereocenters. The summed E-state index contributed by atoms with van der Waals surface area (Å²) in [7, 11) is 3.02. The smallest absolute Gasteiger partial charge is 0.341 e. The average molecular weight is 188 g/mol. The molecule has 0 aliphatic carbocycles. The first-order chi connectivity index (χ1) is 6.24. The summed E-state index contributed by atoms with van der Waals surface area (Å²) in [4.78, 5) is 16.0.